The molecule has 0 unspecified atom stereocenters. The lowest BCUT2D eigenvalue weighted by atomic mass is 10.1. The Labute approximate surface area is 101 Å². The molecule has 1 fully saturated rings. The highest BCUT2D eigenvalue weighted by molar-refractivity contribution is 5.99. The number of phenolic OH excluding ortho intramolecular Hbond substituents is 1. The van der Waals surface area contributed by atoms with Gasteiger partial charge in [-0.2, -0.15) is 0 Å². The van der Waals surface area contributed by atoms with Gasteiger partial charge >= 0.3 is 0 Å². The van der Waals surface area contributed by atoms with E-state index in [-0.39, 0.29) is 5.75 Å². The molecule has 0 aliphatic carbocycles. The second-order valence-electron chi connectivity index (χ2n) is 3.97. The number of nitrogens with zero attached hydrogens (tertiary/aromatic N) is 1. The van der Waals surface area contributed by atoms with Crippen molar-refractivity contribution in [3.8, 4) is 11.5 Å². The van der Waals surface area contributed by atoms with Crippen molar-refractivity contribution in [3.05, 3.63) is 23.8 Å². The number of rotatable bonds is 2. The fraction of sp³-hybridized carbons (Fsp3) is 0.417. The summed E-state index contributed by atoms with van der Waals surface area (Å²) in [7, 11) is 1.55. The van der Waals surface area contributed by atoms with Crippen molar-refractivity contribution in [2.24, 2.45) is 0 Å². The largest absolute Gasteiger partial charge is 0.507 e. The van der Waals surface area contributed by atoms with E-state index in [4.69, 9.17) is 10.1 Å². The SMILES string of the molecule is COc1ccc(C(=N)N2CCNCC2)c(O)c1. The maximum Gasteiger partial charge on any atom is 0.131 e. The Morgan fingerprint density at radius 3 is 2.71 bits per heavy atom. The van der Waals surface area contributed by atoms with E-state index in [0.717, 1.165) is 26.2 Å². The minimum atomic E-state index is 0.0906. The van der Waals surface area contributed by atoms with Gasteiger partial charge in [-0.15, -0.1) is 0 Å². The molecule has 1 aromatic carbocycles. The zero-order chi connectivity index (χ0) is 12.3. The Bertz CT molecular complexity index is 414. The van der Waals surface area contributed by atoms with Crippen LogP contribution in [-0.4, -0.2) is 49.1 Å². The Balaban J connectivity index is 2.18. The molecule has 0 bridgehead atoms. The number of aromatic hydroxyl groups is 1. The summed E-state index contributed by atoms with van der Waals surface area (Å²) < 4.78 is 5.02. The van der Waals surface area contributed by atoms with Gasteiger partial charge in [0.2, 0.25) is 0 Å². The average Bonchev–Trinajstić information content (AvgIpc) is 2.39. The zero-order valence-electron chi connectivity index (χ0n) is 9.86. The molecule has 1 aliphatic heterocycles. The zero-order valence-corrected chi connectivity index (χ0v) is 9.86. The van der Waals surface area contributed by atoms with E-state index in [1.807, 2.05) is 4.90 Å². The first-order valence-electron chi connectivity index (χ1n) is 5.64. The first kappa shape index (κ1) is 11.7. The van der Waals surface area contributed by atoms with E-state index in [2.05, 4.69) is 5.32 Å². The maximum absolute atomic E-state index is 9.86. The molecule has 0 saturated carbocycles. The average molecular weight is 235 g/mol. The van der Waals surface area contributed by atoms with Gasteiger partial charge in [-0.3, -0.25) is 5.41 Å². The molecule has 5 heteroatoms. The molecule has 5 nitrogen and oxygen atoms in total. The predicted octanol–water partition coefficient (Wildman–Crippen LogP) is 0.631. The summed E-state index contributed by atoms with van der Waals surface area (Å²) in [6.45, 7) is 3.34. The Hall–Kier alpha value is -1.75. The van der Waals surface area contributed by atoms with Gasteiger partial charge in [0, 0.05) is 32.2 Å². The van der Waals surface area contributed by atoms with Crippen molar-refractivity contribution < 1.29 is 9.84 Å². The number of hydrogen-bond acceptors (Lipinski definition) is 4. The molecule has 0 atom stereocenters. The monoisotopic (exact) mass is 235 g/mol. The van der Waals surface area contributed by atoms with Crippen LogP contribution in [0.15, 0.2) is 18.2 Å². The quantitative estimate of drug-likeness (QED) is 0.519. The van der Waals surface area contributed by atoms with Crippen molar-refractivity contribution in [2.75, 3.05) is 33.3 Å². The summed E-state index contributed by atoms with van der Waals surface area (Å²) in [6, 6.07) is 5.01. The number of phenols is 1. The van der Waals surface area contributed by atoms with Gasteiger partial charge in [-0.1, -0.05) is 0 Å². The van der Waals surface area contributed by atoms with Crippen LogP contribution in [0.3, 0.4) is 0 Å². The molecule has 1 heterocycles. The fourth-order valence-corrected chi connectivity index (χ4v) is 1.90. The van der Waals surface area contributed by atoms with Gasteiger partial charge < -0.3 is 20.1 Å². The van der Waals surface area contributed by atoms with Gasteiger partial charge in [0.15, 0.2) is 0 Å². The number of benzene rings is 1. The van der Waals surface area contributed by atoms with Crippen LogP contribution < -0.4 is 10.1 Å². The highest BCUT2D eigenvalue weighted by atomic mass is 16.5. The summed E-state index contributed by atoms with van der Waals surface area (Å²) in [6.07, 6.45) is 0. The molecule has 1 saturated heterocycles. The van der Waals surface area contributed by atoms with Crippen molar-refractivity contribution in [3.63, 3.8) is 0 Å². The summed E-state index contributed by atoms with van der Waals surface area (Å²) in [5.74, 6) is 1.05. The van der Waals surface area contributed by atoms with E-state index >= 15 is 0 Å². The summed E-state index contributed by atoms with van der Waals surface area (Å²) in [5, 5.41) is 21.2. The first-order chi connectivity index (χ1) is 8.22. The van der Waals surface area contributed by atoms with Gasteiger partial charge in [0.25, 0.3) is 0 Å². The summed E-state index contributed by atoms with van der Waals surface area (Å²) in [4.78, 5) is 1.96. The molecule has 0 radical (unpaired) electrons. The minimum absolute atomic E-state index is 0.0906. The van der Waals surface area contributed by atoms with Crippen LogP contribution in [0.25, 0.3) is 0 Å². The molecule has 92 valence electrons. The Morgan fingerprint density at radius 2 is 2.12 bits per heavy atom. The van der Waals surface area contributed by atoms with Crippen molar-refractivity contribution in [1.82, 2.24) is 10.2 Å². The van der Waals surface area contributed by atoms with Crippen LogP contribution in [-0.2, 0) is 0 Å². The topological polar surface area (TPSA) is 68.6 Å². The molecule has 3 N–H and O–H groups in total. The lowest BCUT2D eigenvalue weighted by Crippen LogP contribution is -2.46. The maximum atomic E-state index is 9.86. The minimum Gasteiger partial charge on any atom is -0.507 e. The van der Waals surface area contributed by atoms with Crippen molar-refractivity contribution >= 4 is 5.84 Å². The Morgan fingerprint density at radius 1 is 1.41 bits per heavy atom. The van der Waals surface area contributed by atoms with E-state index in [1.54, 1.807) is 19.2 Å². The van der Waals surface area contributed by atoms with Gasteiger partial charge in [0.05, 0.1) is 12.7 Å². The lowest BCUT2D eigenvalue weighted by Gasteiger charge is -2.29. The van der Waals surface area contributed by atoms with E-state index in [1.165, 1.54) is 6.07 Å². The molecule has 1 aliphatic rings. The molecule has 17 heavy (non-hydrogen) atoms. The van der Waals surface area contributed by atoms with Crippen LogP contribution in [0.2, 0.25) is 0 Å². The van der Waals surface area contributed by atoms with Crippen LogP contribution in [0, 0.1) is 5.41 Å². The van der Waals surface area contributed by atoms with Crippen LogP contribution >= 0.6 is 0 Å². The molecule has 2 rings (SSSR count). The second-order valence-corrected chi connectivity index (χ2v) is 3.97. The van der Waals surface area contributed by atoms with Crippen molar-refractivity contribution in [2.45, 2.75) is 0 Å². The number of piperazine rings is 1. The molecule has 0 amide bonds. The predicted molar refractivity (Wildman–Crippen MR) is 65.9 cm³/mol. The third-order valence-electron chi connectivity index (χ3n) is 2.89. The number of nitrogens with one attached hydrogen (secondary N) is 2. The highest BCUT2D eigenvalue weighted by Gasteiger charge is 2.17. The van der Waals surface area contributed by atoms with E-state index in [9.17, 15) is 5.11 Å². The van der Waals surface area contributed by atoms with Crippen LogP contribution in [0.5, 0.6) is 11.5 Å². The number of amidine groups is 1. The van der Waals surface area contributed by atoms with Gasteiger partial charge in [-0.25, -0.2) is 0 Å². The molecular formula is C12H17N3O2. The van der Waals surface area contributed by atoms with E-state index in [0.29, 0.717) is 17.1 Å². The number of ether oxygens (including phenoxy) is 1. The second kappa shape index (κ2) is 5.05. The van der Waals surface area contributed by atoms with Crippen LogP contribution in [0.1, 0.15) is 5.56 Å². The highest BCUT2D eigenvalue weighted by Crippen LogP contribution is 2.24. The van der Waals surface area contributed by atoms with Gasteiger partial charge in [0.1, 0.15) is 17.3 Å². The summed E-state index contributed by atoms with van der Waals surface area (Å²) in [5.41, 5.74) is 0.549. The number of methoxy groups -OCH3 is 1. The third kappa shape index (κ3) is 2.50. The number of hydrogen-bond donors (Lipinski definition) is 3. The standard InChI is InChI=1S/C12H17N3O2/c1-17-9-2-3-10(11(16)8-9)12(13)15-6-4-14-5-7-15/h2-3,8,13-14,16H,4-7H2,1H3. The molecule has 1 aromatic rings. The fourth-order valence-electron chi connectivity index (χ4n) is 1.90. The van der Waals surface area contributed by atoms with Crippen molar-refractivity contribution in [1.29, 1.82) is 5.41 Å². The van der Waals surface area contributed by atoms with E-state index < -0.39 is 0 Å². The molecule has 0 spiro atoms. The first-order valence-corrected chi connectivity index (χ1v) is 5.64. The van der Waals surface area contributed by atoms with Gasteiger partial charge in [-0.05, 0) is 12.1 Å². The molecular weight excluding hydrogens is 218 g/mol. The Kier molecular flexibility index (Phi) is 3.49. The normalized spacial score (nSPS) is 15.7. The molecule has 0 aromatic heterocycles. The summed E-state index contributed by atoms with van der Waals surface area (Å²) >= 11 is 0. The van der Waals surface area contributed by atoms with Crippen LogP contribution in [0.4, 0.5) is 0 Å². The third-order valence-corrected chi connectivity index (χ3v) is 2.89. The lowest BCUT2D eigenvalue weighted by molar-refractivity contribution is 0.354. The smallest absolute Gasteiger partial charge is 0.131 e.